The van der Waals surface area contributed by atoms with Gasteiger partial charge in [0.1, 0.15) is 0 Å². The Morgan fingerprint density at radius 3 is 2.78 bits per heavy atom. The van der Waals surface area contributed by atoms with E-state index in [0.717, 1.165) is 10.0 Å². The van der Waals surface area contributed by atoms with E-state index in [0.29, 0.717) is 30.0 Å². The van der Waals surface area contributed by atoms with Crippen molar-refractivity contribution >= 4 is 33.7 Å². The first-order chi connectivity index (χ1) is 13.0. The Bertz CT molecular complexity index is 900. The maximum absolute atomic E-state index is 12.4. The fourth-order valence-electron chi connectivity index (χ4n) is 2.89. The summed E-state index contributed by atoms with van der Waals surface area (Å²) in [6.45, 7) is 0.504. The molecule has 3 amide bonds. The Balaban J connectivity index is 1.49. The van der Waals surface area contributed by atoms with Gasteiger partial charge in [0.25, 0.3) is 11.8 Å². The van der Waals surface area contributed by atoms with Crippen molar-refractivity contribution in [3.63, 3.8) is 0 Å². The minimum absolute atomic E-state index is 0.166. The van der Waals surface area contributed by atoms with Gasteiger partial charge < -0.3 is 10.1 Å². The van der Waals surface area contributed by atoms with Crippen molar-refractivity contribution < 1.29 is 19.1 Å². The summed E-state index contributed by atoms with van der Waals surface area (Å²) in [4.78, 5) is 42.0. The van der Waals surface area contributed by atoms with Gasteiger partial charge in [-0.3, -0.25) is 19.3 Å². The third kappa shape index (κ3) is 4.16. The Morgan fingerprint density at radius 1 is 1.22 bits per heavy atom. The summed E-state index contributed by atoms with van der Waals surface area (Å²) in [5.74, 6) is -0.338. The molecular weight excluding hydrogens is 414 g/mol. The van der Waals surface area contributed by atoms with Gasteiger partial charge >= 0.3 is 0 Å². The summed E-state index contributed by atoms with van der Waals surface area (Å²) in [6, 6.07) is 8.60. The van der Waals surface area contributed by atoms with Gasteiger partial charge in [-0.2, -0.15) is 0 Å². The molecule has 27 heavy (non-hydrogen) atoms. The van der Waals surface area contributed by atoms with Gasteiger partial charge in [0.15, 0.2) is 0 Å². The van der Waals surface area contributed by atoms with Crippen LogP contribution in [0.25, 0.3) is 0 Å². The third-order valence-corrected chi connectivity index (χ3v) is 4.73. The number of rotatable bonds is 7. The van der Waals surface area contributed by atoms with E-state index in [1.54, 1.807) is 30.5 Å². The van der Waals surface area contributed by atoms with Crippen LogP contribution in [0, 0.1) is 0 Å². The quantitative estimate of drug-likeness (QED) is 0.680. The first-order valence-electron chi connectivity index (χ1n) is 8.41. The molecular formula is C19H18BrN3O4. The SMILES string of the molecule is COc1ncccc1CNC(=O)CCCN1C(=O)c2ccc(Br)cc2C1=O. The lowest BCUT2D eigenvalue weighted by atomic mass is 10.1. The molecule has 0 bridgehead atoms. The van der Waals surface area contributed by atoms with Crippen LogP contribution < -0.4 is 10.1 Å². The van der Waals surface area contributed by atoms with Gasteiger partial charge in [-0.25, -0.2) is 4.98 Å². The largest absolute Gasteiger partial charge is 0.481 e. The summed E-state index contributed by atoms with van der Waals surface area (Å²) >= 11 is 3.30. The number of amides is 3. The van der Waals surface area contributed by atoms with Gasteiger partial charge in [0.05, 0.1) is 18.2 Å². The van der Waals surface area contributed by atoms with Crippen LogP contribution in [0.5, 0.6) is 5.88 Å². The van der Waals surface area contributed by atoms with E-state index in [4.69, 9.17) is 4.74 Å². The van der Waals surface area contributed by atoms with E-state index in [1.165, 1.54) is 12.0 Å². The molecule has 1 aliphatic heterocycles. The summed E-state index contributed by atoms with van der Waals surface area (Å²) in [7, 11) is 1.52. The van der Waals surface area contributed by atoms with Crippen molar-refractivity contribution in [1.82, 2.24) is 15.2 Å². The fourth-order valence-corrected chi connectivity index (χ4v) is 3.25. The molecule has 140 valence electrons. The number of aromatic nitrogens is 1. The predicted octanol–water partition coefficient (Wildman–Crippen LogP) is 2.55. The van der Waals surface area contributed by atoms with Crippen LogP contribution in [0.1, 0.15) is 39.1 Å². The van der Waals surface area contributed by atoms with Crippen molar-refractivity contribution in [2.24, 2.45) is 0 Å². The first kappa shape index (κ1) is 19.0. The van der Waals surface area contributed by atoms with Gasteiger partial charge in [-0.15, -0.1) is 0 Å². The Labute approximate surface area is 164 Å². The molecule has 8 heteroatoms. The number of benzene rings is 1. The molecule has 1 aliphatic rings. The van der Waals surface area contributed by atoms with Crippen molar-refractivity contribution in [1.29, 1.82) is 0 Å². The minimum Gasteiger partial charge on any atom is -0.481 e. The number of nitrogens with one attached hydrogen (secondary N) is 1. The van der Waals surface area contributed by atoms with Crippen LogP contribution in [-0.2, 0) is 11.3 Å². The molecule has 2 heterocycles. The predicted molar refractivity (Wildman–Crippen MR) is 101 cm³/mol. The van der Waals surface area contributed by atoms with Crippen LogP contribution in [0.2, 0.25) is 0 Å². The zero-order valence-electron chi connectivity index (χ0n) is 14.7. The van der Waals surface area contributed by atoms with Crippen LogP contribution in [0.3, 0.4) is 0 Å². The molecule has 0 aliphatic carbocycles. The number of pyridine rings is 1. The number of carbonyl (C=O) groups excluding carboxylic acids is 3. The zero-order chi connectivity index (χ0) is 19.4. The maximum Gasteiger partial charge on any atom is 0.261 e. The van der Waals surface area contributed by atoms with Crippen molar-refractivity contribution in [3.05, 3.63) is 57.7 Å². The average molecular weight is 432 g/mol. The molecule has 1 aromatic heterocycles. The highest BCUT2D eigenvalue weighted by atomic mass is 79.9. The topological polar surface area (TPSA) is 88.6 Å². The number of nitrogens with zero attached hydrogens (tertiary/aromatic N) is 2. The summed E-state index contributed by atoms with van der Waals surface area (Å²) in [5, 5.41) is 2.79. The molecule has 0 atom stereocenters. The highest BCUT2D eigenvalue weighted by molar-refractivity contribution is 9.10. The van der Waals surface area contributed by atoms with Gasteiger partial charge in [0, 0.05) is 35.7 Å². The van der Waals surface area contributed by atoms with Crippen molar-refractivity contribution in [2.75, 3.05) is 13.7 Å². The van der Waals surface area contributed by atoms with E-state index in [9.17, 15) is 14.4 Å². The second kappa shape index (κ2) is 8.30. The number of methoxy groups -OCH3 is 1. The number of hydrogen-bond acceptors (Lipinski definition) is 5. The third-order valence-electron chi connectivity index (χ3n) is 4.24. The average Bonchev–Trinajstić information content (AvgIpc) is 2.90. The number of halogens is 1. The molecule has 3 rings (SSSR count). The van der Waals surface area contributed by atoms with Crippen LogP contribution in [-0.4, -0.2) is 41.3 Å². The Hall–Kier alpha value is -2.74. The van der Waals surface area contributed by atoms with E-state index in [-0.39, 0.29) is 30.7 Å². The number of imide groups is 1. The maximum atomic E-state index is 12.4. The molecule has 0 spiro atoms. The Kier molecular flexibility index (Phi) is 5.85. The standard InChI is InChI=1S/C19H18BrN3O4/c1-27-17-12(4-2-8-21-17)11-22-16(24)5-3-9-23-18(25)14-7-6-13(20)10-15(14)19(23)26/h2,4,6-8,10H,3,5,9,11H2,1H3,(H,22,24). The highest BCUT2D eigenvalue weighted by Crippen LogP contribution is 2.26. The van der Waals surface area contributed by atoms with Crippen molar-refractivity contribution in [2.45, 2.75) is 19.4 Å². The van der Waals surface area contributed by atoms with E-state index >= 15 is 0 Å². The van der Waals surface area contributed by atoms with E-state index < -0.39 is 0 Å². The molecule has 2 aromatic rings. The minimum atomic E-state index is -0.322. The summed E-state index contributed by atoms with van der Waals surface area (Å²) < 4.78 is 5.89. The lowest BCUT2D eigenvalue weighted by molar-refractivity contribution is -0.121. The molecule has 7 nitrogen and oxygen atoms in total. The summed E-state index contributed by atoms with van der Waals surface area (Å²) in [6.07, 6.45) is 2.22. The monoisotopic (exact) mass is 431 g/mol. The Morgan fingerprint density at radius 2 is 2.00 bits per heavy atom. The first-order valence-corrected chi connectivity index (χ1v) is 9.21. The normalized spacial score (nSPS) is 12.9. The van der Waals surface area contributed by atoms with Gasteiger partial charge in [0.2, 0.25) is 11.8 Å². The molecule has 1 aromatic carbocycles. The number of hydrogen-bond donors (Lipinski definition) is 1. The zero-order valence-corrected chi connectivity index (χ0v) is 16.3. The molecule has 0 saturated heterocycles. The molecule has 1 N–H and O–H groups in total. The lowest BCUT2D eigenvalue weighted by Crippen LogP contribution is -2.32. The van der Waals surface area contributed by atoms with E-state index in [1.807, 2.05) is 6.07 Å². The smallest absolute Gasteiger partial charge is 0.261 e. The second-order valence-electron chi connectivity index (χ2n) is 6.00. The molecule has 0 unspecified atom stereocenters. The van der Waals surface area contributed by atoms with Crippen LogP contribution in [0.4, 0.5) is 0 Å². The molecule has 0 fully saturated rings. The number of carbonyl (C=O) groups is 3. The van der Waals surface area contributed by atoms with Crippen LogP contribution >= 0.6 is 15.9 Å². The van der Waals surface area contributed by atoms with Crippen LogP contribution in [0.15, 0.2) is 41.0 Å². The van der Waals surface area contributed by atoms with Gasteiger partial charge in [-0.1, -0.05) is 22.0 Å². The number of fused-ring (bicyclic) bond motifs is 1. The molecule has 0 saturated carbocycles. The number of ether oxygens (including phenoxy) is 1. The van der Waals surface area contributed by atoms with Gasteiger partial charge in [-0.05, 0) is 30.7 Å². The lowest BCUT2D eigenvalue weighted by Gasteiger charge is -2.13. The summed E-state index contributed by atoms with van der Waals surface area (Å²) in [5.41, 5.74) is 1.57. The van der Waals surface area contributed by atoms with Crippen molar-refractivity contribution in [3.8, 4) is 5.88 Å². The highest BCUT2D eigenvalue weighted by Gasteiger charge is 2.35. The molecule has 0 radical (unpaired) electrons. The fraction of sp³-hybridized carbons (Fsp3) is 0.263. The second-order valence-corrected chi connectivity index (χ2v) is 6.92. The van der Waals surface area contributed by atoms with E-state index in [2.05, 4.69) is 26.2 Å².